The number of carbonyl (C=O) groups excluding carboxylic acids is 1. The molecule has 0 spiro atoms. The summed E-state index contributed by atoms with van der Waals surface area (Å²) in [6, 6.07) is 0. The molecule has 36 heavy (non-hydrogen) atoms. The number of hydrogen-bond donors (Lipinski definition) is 1. The molecule has 1 fully saturated rings. The van der Waals surface area contributed by atoms with E-state index >= 15 is 0 Å². The minimum atomic E-state index is -2.38. The zero-order valence-corrected chi connectivity index (χ0v) is 25.3. The first-order chi connectivity index (χ1) is 17.5. The van der Waals surface area contributed by atoms with Gasteiger partial charge in [0.25, 0.3) is 0 Å². The highest BCUT2D eigenvalue weighted by molar-refractivity contribution is 7.95. The number of ether oxygens (including phenoxy) is 2. The fourth-order valence-corrected chi connectivity index (χ4v) is 6.11. The van der Waals surface area contributed by atoms with Crippen molar-refractivity contribution < 1.29 is 28.1 Å². The van der Waals surface area contributed by atoms with Crippen LogP contribution in [0.3, 0.4) is 0 Å². The van der Waals surface area contributed by atoms with E-state index in [9.17, 15) is 14.5 Å². The van der Waals surface area contributed by atoms with Gasteiger partial charge in [-0.2, -0.15) is 0 Å². The third kappa shape index (κ3) is 15.4. The second-order valence-corrected chi connectivity index (χ2v) is 12.4. The lowest BCUT2D eigenvalue weighted by Gasteiger charge is -2.30. The molecule has 4 unspecified atom stereocenters. The first-order valence-corrected chi connectivity index (χ1v) is 16.7. The summed E-state index contributed by atoms with van der Waals surface area (Å²) in [5.74, 6) is 1.14. The smallest absolute Gasteiger partial charge is 0.386 e. The van der Waals surface area contributed by atoms with Crippen LogP contribution in [0.5, 0.6) is 0 Å². The fraction of sp³-hybridized carbons (Fsp3) is 0.964. The Bertz CT molecular complexity index is 560. The van der Waals surface area contributed by atoms with Crippen molar-refractivity contribution in [2.75, 3.05) is 19.0 Å². The van der Waals surface area contributed by atoms with E-state index in [0.29, 0.717) is 18.3 Å². The van der Waals surface area contributed by atoms with Crippen molar-refractivity contribution in [3.8, 4) is 0 Å². The molecule has 0 amide bonds. The van der Waals surface area contributed by atoms with Crippen LogP contribution in [0.25, 0.3) is 0 Å². The molecule has 214 valence electrons. The molecule has 0 bridgehead atoms. The minimum Gasteiger partial charge on any atom is -0.387 e. The summed E-state index contributed by atoms with van der Waals surface area (Å²) in [6.45, 7) is 6.88. The van der Waals surface area contributed by atoms with Crippen LogP contribution in [0.1, 0.15) is 130 Å². The summed E-state index contributed by atoms with van der Waals surface area (Å²) >= 11 is 1.04. The molecule has 6 nitrogen and oxygen atoms in total. The summed E-state index contributed by atoms with van der Waals surface area (Å²) in [4.78, 5) is 12.4. The van der Waals surface area contributed by atoms with Gasteiger partial charge >= 0.3 is 11.5 Å². The van der Waals surface area contributed by atoms with E-state index in [2.05, 4.69) is 13.8 Å². The van der Waals surface area contributed by atoms with Gasteiger partial charge in [-0.25, -0.2) is 4.79 Å². The van der Waals surface area contributed by atoms with Crippen molar-refractivity contribution in [1.82, 2.24) is 0 Å². The Morgan fingerprint density at radius 3 is 2.25 bits per heavy atom. The molecule has 0 aromatic heterocycles. The molecule has 1 N–H and O–H groups in total. The van der Waals surface area contributed by atoms with Crippen molar-refractivity contribution in [3.63, 3.8) is 0 Å². The van der Waals surface area contributed by atoms with E-state index in [1.54, 1.807) is 0 Å². The van der Waals surface area contributed by atoms with E-state index < -0.39 is 20.0 Å². The number of hydrogen-bond acceptors (Lipinski definition) is 7. The molecule has 1 aliphatic carbocycles. The predicted molar refractivity (Wildman–Crippen MR) is 152 cm³/mol. The zero-order valence-electron chi connectivity index (χ0n) is 23.3. The molecule has 8 heteroatoms. The van der Waals surface area contributed by atoms with E-state index in [1.165, 1.54) is 89.9 Å². The SMILES string of the molecule is CCCCCCCCCCOC(C)COC(O)([PH2]=O)C(=O)OSCCC(CCCC)C1CCCCC1. The molecule has 4 atom stereocenters. The highest BCUT2D eigenvalue weighted by Crippen LogP contribution is 2.35. The van der Waals surface area contributed by atoms with Gasteiger partial charge in [0.1, 0.15) is 8.46 Å². The van der Waals surface area contributed by atoms with E-state index in [1.807, 2.05) is 6.92 Å². The van der Waals surface area contributed by atoms with Crippen molar-refractivity contribution in [3.05, 3.63) is 0 Å². The summed E-state index contributed by atoms with van der Waals surface area (Å²) in [5, 5.41) is 10.5. The van der Waals surface area contributed by atoms with Crippen molar-refractivity contribution in [1.29, 1.82) is 0 Å². The summed E-state index contributed by atoms with van der Waals surface area (Å²) < 4.78 is 27.9. The van der Waals surface area contributed by atoms with Crippen LogP contribution in [-0.4, -0.2) is 41.7 Å². The highest BCUT2D eigenvalue weighted by Gasteiger charge is 2.39. The molecular weight excluding hydrogens is 495 g/mol. The van der Waals surface area contributed by atoms with E-state index in [-0.39, 0.29) is 12.7 Å². The first-order valence-electron chi connectivity index (χ1n) is 14.7. The van der Waals surface area contributed by atoms with Crippen LogP contribution in [0, 0.1) is 11.8 Å². The second kappa shape index (κ2) is 21.8. The molecule has 1 saturated carbocycles. The maximum absolute atomic E-state index is 12.4. The van der Waals surface area contributed by atoms with Crippen LogP contribution in [0.15, 0.2) is 0 Å². The van der Waals surface area contributed by atoms with Gasteiger partial charge in [-0.05, 0) is 31.6 Å². The fourth-order valence-electron chi connectivity index (χ4n) is 5.00. The largest absolute Gasteiger partial charge is 0.387 e. The maximum Gasteiger partial charge on any atom is 0.386 e. The summed E-state index contributed by atoms with van der Waals surface area (Å²) in [5.41, 5.74) is -2.38. The van der Waals surface area contributed by atoms with Crippen LogP contribution < -0.4 is 0 Å². The van der Waals surface area contributed by atoms with Gasteiger partial charge in [-0.3, -0.25) is 0 Å². The predicted octanol–water partition coefficient (Wildman–Crippen LogP) is 7.92. The second-order valence-electron chi connectivity index (χ2n) is 10.6. The van der Waals surface area contributed by atoms with Crippen LogP contribution in [0.2, 0.25) is 0 Å². The average Bonchev–Trinajstić information content (AvgIpc) is 2.90. The quantitative estimate of drug-likeness (QED) is 0.0599. The van der Waals surface area contributed by atoms with Crippen LogP contribution in [0.4, 0.5) is 0 Å². The Labute approximate surface area is 226 Å². The molecule has 0 aliphatic heterocycles. The number of unbranched alkanes of at least 4 members (excludes halogenated alkanes) is 8. The van der Waals surface area contributed by atoms with Gasteiger partial charge in [-0.1, -0.05) is 110 Å². The molecule has 0 heterocycles. The molecule has 0 aromatic rings. The monoisotopic (exact) mass is 550 g/mol. The van der Waals surface area contributed by atoms with Crippen molar-refractivity contribution in [2.45, 2.75) is 142 Å². The number of carbonyl (C=O) groups is 1. The Kier molecular flexibility index (Phi) is 20.6. The van der Waals surface area contributed by atoms with Gasteiger partial charge < -0.3 is 23.3 Å². The lowest BCUT2D eigenvalue weighted by Crippen LogP contribution is -2.38. The third-order valence-corrected chi connectivity index (χ3v) is 8.74. The molecule has 0 saturated heterocycles. The van der Waals surface area contributed by atoms with Gasteiger partial charge in [0.2, 0.25) is 0 Å². The molecular formula is C28H55O6PS. The highest BCUT2D eigenvalue weighted by atomic mass is 32.2. The van der Waals surface area contributed by atoms with Gasteiger partial charge in [0.15, 0.2) is 0 Å². The van der Waals surface area contributed by atoms with E-state index in [0.717, 1.165) is 37.2 Å². The third-order valence-electron chi connectivity index (χ3n) is 7.34. The molecule has 0 radical (unpaired) electrons. The van der Waals surface area contributed by atoms with Gasteiger partial charge in [0.05, 0.1) is 24.8 Å². The van der Waals surface area contributed by atoms with Crippen molar-refractivity contribution in [2.24, 2.45) is 11.8 Å². The normalized spacial score (nSPS) is 18.3. The first kappa shape index (κ1) is 34.0. The number of aliphatic hydroxyl groups is 1. The lowest BCUT2D eigenvalue weighted by atomic mass is 9.77. The van der Waals surface area contributed by atoms with Gasteiger partial charge in [-0.15, -0.1) is 0 Å². The number of rotatable bonds is 23. The van der Waals surface area contributed by atoms with Gasteiger partial charge in [0, 0.05) is 12.4 Å². The van der Waals surface area contributed by atoms with Crippen LogP contribution in [-0.2, 0) is 23.0 Å². The average molecular weight is 551 g/mol. The van der Waals surface area contributed by atoms with Crippen molar-refractivity contribution >= 4 is 26.5 Å². The Balaban J connectivity index is 2.24. The Morgan fingerprint density at radius 2 is 1.61 bits per heavy atom. The summed E-state index contributed by atoms with van der Waals surface area (Å²) in [7, 11) is -1.90. The molecule has 1 rings (SSSR count). The standard InChI is InChI=1S/C28H55O6PS/c1-4-6-8-9-10-11-12-16-21-32-24(3)23-33-28(30,35-31)27(29)34-36-22-20-26(17-7-5-2)25-18-14-13-15-19-25/h24-26,30H,4-23,35H2,1-3H3. The topological polar surface area (TPSA) is 82.1 Å². The summed E-state index contributed by atoms with van der Waals surface area (Å²) in [6.07, 6.45) is 20.8. The van der Waals surface area contributed by atoms with Crippen LogP contribution >= 0.6 is 20.5 Å². The molecule has 1 aliphatic rings. The van der Waals surface area contributed by atoms with E-state index in [4.69, 9.17) is 13.7 Å². The molecule has 0 aromatic carbocycles. The lowest BCUT2D eigenvalue weighted by molar-refractivity contribution is -0.192. The minimum absolute atomic E-state index is 0.0106. The zero-order chi connectivity index (χ0) is 26.5. The Morgan fingerprint density at radius 1 is 0.972 bits per heavy atom. The Hall–Kier alpha value is -0.0700. The maximum atomic E-state index is 12.4.